The van der Waals surface area contributed by atoms with E-state index in [9.17, 15) is 0 Å². The van der Waals surface area contributed by atoms with Crippen molar-refractivity contribution < 1.29 is 0 Å². The minimum atomic E-state index is 0.528. The summed E-state index contributed by atoms with van der Waals surface area (Å²) in [5, 5.41) is 7.18. The van der Waals surface area contributed by atoms with Crippen LogP contribution in [0.25, 0.3) is 11.4 Å². The Morgan fingerprint density at radius 2 is 2.12 bits per heavy atom. The fraction of sp³-hybridized carbons (Fsp3) is 0.333. The minimum Gasteiger partial charge on any atom is -0.300 e. The van der Waals surface area contributed by atoms with Crippen LogP contribution in [0, 0.1) is 10.7 Å². The smallest absolute Gasteiger partial charge is 0.195 e. The monoisotopic (exact) mass is 311 g/mol. The summed E-state index contributed by atoms with van der Waals surface area (Å²) in [4.78, 5) is 0. The second kappa shape index (κ2) is 5.14. The molecule has 0 bridgehead atoms. The van der Waals surface area contributed by atoms with Gasteiger partial charge >= 0.3 is 0 Å². The Bertz CT molecular complexity index is 571. The van der Waals surface area contributed by atoms with Gasteiger partial charge in [0.2, 0.25) is 0 Å². The average molecular weight is 312 g/mol. The van der Waals surface area contributed by atoms with Crippen molar-refractivity contribution in [1.29, 1.82) is 0 Å². The number of nitrogens with one attached hydrogen (secondary N) is 1. The highest BCUT2D eigenvalue weighted by Gasteiger charge is 2.12. The van der Waals surface area contributed by atoms with E-state index in [1.54, 1.807) is 0 Å². The number of aromatic nitrogens is 3. The Labute approximate surface area is 114 Å². The van der Waals surface area contributed by atoms with E-state index in [0.717, 1.165) is 22.4 Å². The van der Waals surface area contributed by atoms with Crippen molar-refractivity contribution >= 4 is 28.1 Å². The van der Waals surface area contributed by atoms with E-state index in [-0.39, 0.29) is 0 Å². The fourth-order valence-electron chi connectivity index (χ4n) is 1.70. The quantitative estimate of drug-likeness (QED) is 0.868. The van der Waals surface area contributed by atoms with Crippen molar-refractivity contribution in [3.05, 3.63) is 33.5 Å². The molecule has 90 valence electrons. The predicted molar refractivity (Wildman–Crippen MR) is 75.4 cm³/mol. The van der Waals surface area contributed by atoms with E-state index in [4.69, 9.17) is 12.2 Å². The zero-order chi connectivity index (χ0) is 12.4. The van der Waals surface area contributed by atoms with Crippen LogP contribution < -0.4 is 0 Å². The second-order valence-electron chi connectivity index (χ2n) is 4.34. The first kappa shape index (κ1) is 12.5. The maximum atomic E-state index is 5.26. The number of aromatic amines is 1. The average Bonchev–Trinajstić information content (AvgIpc) is 2.61. The molecule has 1 aromatic carbocycles. The summed E-state index contributed by atoms with van der Waals surface area (Å²) in [7, 11) is 0. The minimum absolute atomic E-state index is 0.528. The number of halogens is 1. The summed E-state index contributed by atoms with van der Waals surface area (Å²) < 4.78 is 3.74. The predicted octanol–water partition coefficient (Wildman–Crippen LogP) is 4.03. The van der Waals surface area contributed by atoms with Crippen molar-refractivity contribution in [3.8, 4) is 11.4 Å². The lowest BCUT2D eigenvalue weighted by molar-refractivity contribution is 0.521. The molecule has 3 nitrogen and oxygen atoms in total. The Balaban J connectivity index is 2.53. The molecule has 2 aromatic rings. The number of rotatable bonds is 3. The van der Waals surface area contributed by atoms with Crippen molar-refractivity contribution in [2.75, 3.05) is 0 Å². The van der Waals surface area contributed by atoms with Gasteiger partial charge in [0.25, 0.3) is 0 Å². The summed E-state index contributed by atoms with van der Waals surface area (Å²) in [6.45, 7) is 5.20. The molecule has 0 atom stereocenters. The summed E-state index contributed by atoms with van der Waals surface area (Å²) in [5.74, 6) is 1.41. The van der Waals surface area contributed by atoms with Gasteiger partial charge in [-0.1, -0.05) is 48.0 Å². The topological polar surface area (TPSA) is 33.6 Å². The highest BCUT2D eigenvalue weighted by atomic mass is 79.9. The first-order valence-electron chi connectivity index (χ1n) is 5.49. The lowest BCUT2D eigenvalue weighted by Gasteiger charge is -2.10. The third-order valence-electron chi connectivity index (χ3n) is 2.42. The van der Waals surface area contributed by atoms with E-state index in [1.807, 2.05) is 28.8 Å². The molecule has 0 aliphatic carbocycles. The normalized spacial score (nSPS) is 11.1. The van der Waals surface area contributed by atoms with E-state index in [2.05, 4.69) is 40.0 Å². The van der Waals surface area contributed by atoms with Gasteiger partial charge in [-0.25, -0.2) is 0 Å². The molecule has 2 rings (SSSR count). The van der Waals surface area contributed by atoms with Gasteiger partial charge in [0, 0.05) is 16.6 Å². The summed E-state index contributed by atoms with van der Waals surface area (Å²) in [6.07, 6.45) is 0. The molecular formula is C12H14BrN3S. The van der Waals surface area contributed by atoms with Gasteiger partial charge in [-0.3, -0.25) is 9.67 Å². The van der Waals surface area contributed by atoms with Crippen molar-refractivity contribution in [2.45, 2.75) is 20.4 Å². The first-order chi connectivity index (χ1) is 8.09. The van der Waals surface area contributed by atoms with Gasteiger partial charge in [0.15, 0.2) is 10.6 Å². The van der Waals surface area contributed by atoms with Crippen LogP contribution in [-0.4, -0.2) is 14.8 Å². The second-order valence-corrected chi connectivity index (χ2v) is 5.58. The van der Waals surface area contributed by atoms with Crippen molar-refractivity contribution in [2.24, 2.45) is 5.92 Å². The maximum Gasteiger partial charge on any atom is 0.195 e. The van der Waals surface area contributed by atoms with Gasteiger partial charge in [0.1, 0.15) is 0 Å². The SMILES string of the molecule is CC(C)Cn1c(-c2ccccc2Br)n[nH]c1=S. The largest absolute Gasteiger partial charge is 0.300 e. The number of H-pyrrole nitrogens is 1. The lowest BCUT2D eigenvalue weighted by Crippen LogP contribution is -2.06. The molecule has 0 aliphatic rings. The van der Waals surface area contributed by atoms with Crippen LogP contribution in [0.5, 0.6) is 0 Å². The van der Waals surface area contributed by atoms with Crippen LogP contribution in [0.15, 0.2) is 28.7 Å². The summed E-state index contributed by atoms with van der Waals surface area (Å²) >= 11 is 8.81. The van der Waals surface area contributed by atoms with Crippen LogP contribution in [0.2, 0.25) is 0 Å². The van der Waals surface area contributed by atoms with Crippen LogP contribution in [0.4, 0.5) is 0 Å². The molecule has 0 fully saturated rings. The number of hydrogen-bond acceptors (Lipinski definition) is 2. The zero-order valence-corrected chi connectivity index (χ0v) is 12.2. The standard InChI is InChI=1S/C12H14BrN3S/c1-8(2)7-16-11(14-15-12(16)17)9-5-3-4-6-10(9)13/h3-6,8H,7H2,1-2H3,(H,15,17). The van der Waals surface area contributed by atoms with E-state index < -0.39 is 0 Å². The van der Waals surface area contributed by atoms with Gasteiger partial charge in [-0.15, -0.1) is 0 Å². The van der Waals surface area contributed by atoms with Gasteiger partial charge in [-0.05, 0) is 24.2 Å². The number of hydrogen-bond donors (Lipinski definition) is 1. The lowest BCUT2D eigenvalue weighted by atomic mass is 10.2. The van der Waals surface area contributed by atoms with Crippen molar-refractivity contribution in [1.82, 2.24) is 14.8 Å². The van der Waals surface area contributed by atoms with Gasteiger partial charge < -0.3 is 0 Å². The highest BCUT2D eigenvalue weighted by molar-refractivity contribution is 9.10. The molecule has 1 heterocycles. The van der Waals surface area contributed by atoms with E-state index in [0.29, 0.717) is 10.7 Å². The van der Waals surface area contributed by atoms with Gasteiger partial charge in [0.05, 0.1) is 0 Å². The van der Waals surface area contributed by atoms with Crippen LogP contribution in [-0.2, 0) is 6.54 Å². The highest BCUT2D eigenvalue weighted by Crippen LogP contribution is 2.26. The van der Waals surface area contributed by atoms with Crippen LogP contribution >= 0.6 is 28.1 Å². The molecule has 5 heteroatoms. The Morgan fingerprint density at radius 1 is 1.41 bits per heavy atom. The summed E-state index contributed by atoms with van der Waals surface area (Å²) in [6, 6.07) is 8.03. The molecule has 0 spiro atoms. The maximum absolute atomic E-state index is 5.26. The molecule has 0 amide bonds. The molecule has 17 heavy (non-hydrogen) atoms. The Kier molecular flexibility index (Phi) is 3.79. The molecule has 0 saturated heterocycles. The van der Waals surface area contributed by atoms with Crippen LogP contribution in [0.3, 0.4) is 0 Å². The Hall–Kier alpha value is -0.940. The third-order valence-corrected chi connectivity index (χ3v) is 3.42. The third kappa shape index (κ3) is 2.66. The first-order valence-corrected chi connectivity index (χ1v) is 6.70. The van der Waals surface area contributed by atoms with Gasteiger partial charge in [-0.2, -0.15) is 5.10 Å². The fourth-order valence-corrected chi connectivity index (χ4v) is 2.37. The number of benzene rings is 1. The molecule has 0 radical (unpaired) electrons. The number of nitrogens with zero attached hydrogens (tertiary/aromatic N) is 2. The molecule has 0 aliphatic heterocycles. The molecule has 0 saturated carbocycles. The summed E-state index contributed by atoms with van der Waals surface area (Å²) in [5.41, 5.74) is 1.06. The molecule has 0 unspecified atom stereocenters. The molecule has 1 aromatic heterocycles. The molecular weight excluding hydrogens is 298 g/mol. The zero-order valence-electron chi connectivity index (χ0n) is 9.77. The van der Waals surface area contributed by atoms with Crippen molar-refractivity contribution in [3.63, 3.8) is 0 Å². The molecule has 1 N–H and O–H groups in total. The van der Waals surface area contributed by atoms with Crippen LogP contribution in [0.1, 0.15) is 13.8 Å². The van der Waals surface area contributed by atoms with E-state index >= 15 is 0 Å². The van der Waals surface area contributed by atoms with E-state index in [1.165, 1.54) is 0 Å². The Morgan fingerprint density at radius 3 is 2.76 bits per heavy atom.